The Bertz CT molecular complexity index is 420. The summed E-state index contributed by atoms with van der Waals surface area (Å²) in [5, 5.41) is 4.68. The Morgan fingerprint density at radius 3 is 2.19 bits per heavy atom. The minimum absolute atomic E-state index is 0.104. The van der Waals surface area contributed by atoms with Crippen LogP contribution in [-0.2, 0) is 14.9 Å². The smallest absolute Gasteiger partial charge is 0.169 e. The van der Waals surface area contributed by atoms with E-state index in [9.17, 15) is 0 Å². The molecule has 122 valence electrons. The predicted octanol–water partition coefficient (Wildman–Crippen LogP) is 3.80. The lowest BCUT2D eigenvalue weighted by Gasteiger charge is -2.20. The summed E-state index contributed by atoms with van der Waals surface area (Å²) in [5.74, 6) is 0. The van der Waals surface area contributed by atoms with Crippen LogP contribution in [0.1, 0.15) is 63.2 Å². The molecule has 21 heavy (non-hydrogen) atoms. The van der Waals surface area contributed by atoms with Crippen molar-refractivity contribution in [2.45, 2.75) is 66.2 Å². The third kappa shape index (κ3) is 5.66. The molecular weight excluding hydrogens is 284 g/mol. The van der Waals surface area contributed by atoms with Gasteiger partial charge in [-0.05, 0) is 27.7 Å². The van der Waals surface area contributed by atoms with Gasteiger partial charge in [0.2, 0.25) is 0 Å². The number of thiazole rings is 1. The van der Waals surface area contributed by atoms with Crippen molar-refractivity contribution in [2.75, 3.05) is 19.8 Å². The predicted molar refractivity (Wildman–Crippen MR) is 89.0 cm³/mol. The summed E-state index contributed by atoms with van der Waals surface area (Å²) >= 11 is 1.80. The van der Waals surface area contributed by atoms with Crippen LogP contribution < -0.4 is 5.32 Å². The van der Waals surface area contributed by atoms with E-state index in [0.717, 1.165) is 5.69 Å². The Kier molecular flexibility index (Phi) is 7.27. The van der Waals surface area contributed by atoms with E-state index in [4.69, 9.17) is 14.5 Å². The molecule has 0 aliphatic rings. The van der Waals surface area contributed by atoms with Crippen molar-refractivity contribution in [1.29, 1.82) is 0 Å². The SMILES string of the molecule is CCOC(CNC(C)c1sc(C(C)(C)C)nc1C)OCC. The normalized spacial score (nSPS) is 13.9. The van der Waals surface area contributed by atoms with Gasteiger partial charge in [0.25, 0.3) is 0 Å². The van der Waals surface area contributed by atoms with Crippen LogP contribution >= 0.6 is 11.3 Å². The van der Waals surface area contributed by atoms with Gasteiger partial charge in [-0.15, -0.1) is 11.3 Å². The van der Waals surface area contributed by atoms with E-state index < -0.39 is 0 Å². The summed E-state index contributed by atoms with van der Waals surface area (Å²) in [6.45, 7) is 16.8. The second-order valence-electron chi connectivity index (χ2n) is 6.19. The van der Waals surface area contributed by atoms with Gasteiger partial charge in [-0.1, -0.05) is 20.8 Å². The monoisotopic (exact) mass is 314 g/mol. The molecule has 0 bridgehead atoms. The molecular formula is C16H30N2O2S. The molecule has 4 nitrogen and oxygen atoms in total. The van der Waals surface area contributed by atoms with Gasteiger partial charge in [-0.2, -0.15) is 0 Å². The number of ether oxygens (including phenoxy) is 2. The van der Waals surface area contributed by atoms with Crippen molar-refractivity contribution in [3.63, 3.8) is 0 Å². The van der Waals surface area contributed by atoms with E-state index in [1.54, 1.807) is 11.3 Å². The fourth-order valence-corrected chi connectivity index (χ4v) is 3.18. The molecule has 0 spiro atoms. The van der Waals surface area contributed by atoms with E-state index >= 15 is 0 Å². The highest BCUT2D eigenvalue weighted by Gasteiger charge is 2.22. The fourth-order valence-electron chi connectivity index (χ4n) is 2.03. The number of aryl methyl sites for hydroxylation is 1. The first-order valence-electron chi connectivity index (χ1n) is 7.73. The van der Waals surface area contributed by atoms with E-state index in [-0.39, 0.29) is 17.7 Å². The van der Waals surface area contributed by atoms with E-state index in [1.807, 2.05) is 13.8 Å². The zero-order valence-corrected chi connectivity index (χ0v) is 15.3. The highest BCUT2D eigenvalue weighted by molar-refractivity contribution is 7.12. The van der Waals surface area contributed by atoms with E-state index in [2.05, 4.69) is 39.9 Å². The maximum atomic E-state index is 5.56. The number of rotatable bonds is 8. The molecule has 5 heteroatoms. The first kappa shape index (κ1) is 18.6. The number of aromatic nitrogens is 1. The maximum Gasteiger partial charge on any atom is 0.169 e. The van der Waals surface area contributed by atoms with Crippen molar-refractivity contribution < 1.29 is 9.47 Å². The first-order valence-corrected chi connectivity index (χ1v) is 8.55. The number of nitrogens with one attached hydrogen (secondary N) is 1. The molecule has 1 aromatic rings. The molecule has 1 aromatic heterocycles. The zero-order valence-electron chi connectivity index (χ0n) is 14.4. The zero-order chi connectivity index (χ0) is 16.0. The fraction of sp³-hybridized carbons (Fsp3) is 0.812. The quantitative estimate of drug-likeness (QED) is 0.741. The lowest BCUT2D eigenvalue weighted by atomic mass is 9.98. The summed E-state index contributed by atoms with van der Waals surface area (Å²) in [6, 6.07) is 0.252. The standard InChI is InChI=1S/C16H30N2O2S/c1-8-19-13(20-9-2)10-17-11(3)14-12(4)18-15(21-14)16(5,6)7/h11,13,17H,8-10H2,1-7H3. The number of nitrogens with zero attached hydrogens (tertiary/aromatic N) is 1. The first-order chi connectivity index (χ1) is 9.79. The molecule has 1 N–H and O–H groups in total. The number of hydrogen-bond donors (Lipinski definition) is 1. The van der Waals surface area contributed by atoms with Crippen molar-refractivity contribution in [1.82, 2.24) is 10.3 Å². The highest BCUT2D eigenvalue weighted by Crippen LogP contribution is 2.32. The van der Waals surface area contributed by atoms with Gasteiger partial charge in [-0.25, -0.2) is 4.98 Å². The summed E-state index contributed by atoms with van der Waals surface area (Å²) in [6.07, 6.45) is -0.183. The maximum absolute atomic E-state index is 5.56. The van der Waals surface area contributed by atoms with Gasteiger partial charge in [0, 0.05) is 36.1 Å². The van der Waals surface area contributed by atoms with Crippen LogP contribution in [0.5, 0.6) is 0 Å². The summed E-state index contributed by atoms with van der Waals surface area (Å²) in [4.78, 5) is 6.02. The van der Waals surface area contributed by atoms with Crippen LogP contribution in [0.4, 0.5) is 0 Å². The Balaban J connectivity index is 2.67. The van der Waals surface area contributed by atoms with Crippen molar-refractivity contribution in [2.24, 2.45) is 0 Å². The molecule has 0 saturated carbocycles. The van der Waals surface area contributed by atoms with E-state index in [1.165, 1.54) is 9.88 Å². The second-order valence-corrected chi connectivity index (χ2v) is 7.22. The Morgan fingerprint density at radius 2 is 1.76 bits per heavy atom. The van der Waals surface area contributed by atoms with Crippen molar-refractivity contribution in [3.8, 4) is 0 Å². The molecule has 0 amide bonds. The molecule has 1 heterocycles. The molecule has 0 aromatic carbocycles. The number of hydrogen-bond acceptors (Lipinski definition) is 5. The van der Waals surface area contributed by atoms with Crippen LogP contribution in [0.2, 0.25) is 0 Å². The lowest BCUT2D eigenvalue weighted by Crippen LogP contribution is -2.33. The molecule has 0 radical (unpaired) electrons. The van der Waals surface area contributed by atoms with Gasteiger partial charge < -0.3 is 14.8 Å². The molecule has 1 unspecified atom stereocenters. The summed E-state index contributed by atoms with van der Waals surface area (Å²) < 4.78 is 11.1. The largest absolute Gasteiger partial charge is 0.352 e. The topological polar surface area (TPSA) is 43.4 Å². The average Bonchev–Trinajstić information content (AvgIpc) is 2.78. The highest BCUT2D eigenvalue weighted by atomic mass is 32.1. The Morgan fingerprint density at radius 1 is 1.19 bits per heavy atom. The summed E-state index contributed by atoms with van der Waals surface area (Å²) in [7, 11) is 0. The second kappa shape index (κ2) is 8.22. The molecule has 0 aliphatic heterocycles. The molecule has 1 atom stereocenters. The van der Waals surface area contributed by atoms with E-state index in [0.29, 0.717) is 19.8 Å². The van der Waals surface area contributed by atoms with Gasteiger partial charge >= 0.3 is 0 Å². The molecule has 0 saturated heterocycles. The van der Waals surface area contributed by atoms with Gasteiger partial charge in [0.15, 0.2) is 6.29 Å². The van der Waals surface area contributed by atoms with Gasteiger partial charge in [0.05, 0.1) is 10.7 Å². The van der Waals surface area contributed by atoms with Crippen LogP contribution in [-0.4, -0.2) is 31.0 Å². The van der Waals surface area contributed by atoms with Gasteiger partial charge in [-0.3, -0.25) is 0 Å². The van der Waals surface area contributed by atoms with Crippen LogP contribution in [0.3, 0.4) is 0 Å². The van der Waals surface area contributed by atoms with Crippen molar-refractivity contribution in [3.05, 3.63) is 15.6 Å². The Hall–Kier alpha value is -0.490. The van der Waals surface area contributed by atoms with Gasteiger partial charge in [0.1, 0.15) is 0 Å². The minimum atomic E-state index is -0.183. The third-order valence-electron chi connectivity index (χ3n) is 3.16. The van der Waals surface area contributed by atoms with Crippen LogP contribution in [0, 0.1) is 6.92 Å². The van der Waals surface area contributed by atoms with Crippen molar-refractivity contribution >= 4 is 11.3 Å². The Labute approximate surface area is 133 Å². The summed E-state index contributed by atoms with van der Waals surface area (Å²) in [5.41, 5.74) is 1.22. The lowest BCUT2D eigenvalue weighted by molar-refractivity contribution is -0.133. The molecule has 1 rings (SSSR count). The molecule has 0 fully saturated rings. The minimum Gasteiger partial charge on any atom is -0.352 e. The van der Waals surface area contributed by atoms with Crippen LogP contribution in [0.25, 0.3) is 0 Å². The van der Waals surface area contributed by atoms with Crippen LogP contribution in [0.15, 0.2) is 0 Å². The molecule has 0 aliphatic carbocycles. The third-order valence-corrected chi connectivity index (χ3v) is 4.93. The average molecular weight is 314 g/mol.